The van der Waals surface area contributed by atoms with Gasteiger partial charge in [0.1, 0.15) is 0 Å². The molecular weight excluding hydrogens is 246 g/mol. The average molecular weight is 260 g/mol. The lowest BCUT2D eigenvalue weighted by atomic mass is 10.2. The van der Waals surface area contributed by atoms with E-state index in [4.69, 9.17) is 17.3 Å². The third kappa shape index (κ3) is 3.70. The van der Waals surface area contributed by atoms with E-state index in [1.807, 2.05) is 18.2 Å². The van der Waals surface area contributed by atoms with Crippen molar-refractivity contribution in [1.82, 2.24) is 0 Å². The third-order valence-electron chi connectivity index (χ3n) is 2.07. The molecule has 0 saturated carbocycles. The van der Waals surface area contributed by atoms with Gasteiger partial charge < -0.3 is 10.5 Å². The first-order valence-corrected chi connectivity index (χ1v) is 6.22. The third-order valence-corrected chi connectivity index (χ3v) is 3.53. The largest absolute Gasteiger partial charge is 0.469 e. The van der Waals surface area contributed by atoms with Gasteiger partial charge in [-0.3, -0.25) is 4.79 Å². The van der Waals surface area contributed by atoms with Gasteiger partial charge in [-0.1, -0.05) is 17.7 Å². The van der Waals surface area contributed by atoms with Gasteiger partial charge in [-0.2, -0.15) is 0 Å². The minimum atomic E-state index is -0.205. The smallest absolute Gasteiger partial charge is 0.306 e. The van der Waals surface area contributed by atoms with Crippen LogP contribution in [0, 0.1) is 0 Å². The maximum Gasteiger partial charge on any atom is 0.306 e. The summed E-state index contributed by atoms with van der Waals surface area (Å²) < 4.78 is 4.57. The van der Waals surface area contributed by atoms with Gasteiger partial charge in [0.2, 0.25) is 0 Å². The number of carbonyl (C=O) groups excluding carboxylic acids is 1. The molecule has 0 aliphatic carbocycles. The summed E-state index contributed by atoms with van der Waals surface area (Å²) >= 11 is 7.58. The van der Waals surface area contributed by atoms with Crippen LogP contribution in [-0.4, -0.2) is 18.8 Å². The van der Waals surface area contributed by atoms with Gasteiger partial charge in [0.15, 0.2) is 0 Å². The van der Waals surface area contributed by atoms with Crippen molar-refractivity contribution in [2.24, 2.45) is 5.73 Å². The summed E-state index contributed by atoms with van der Waals surface area (Å²) in [6, 6.07) is 5.64. The summed E-state index contributed by atoms with van der Waals surface area (Å²) in [5, 5.41) is 0.672. The lowest BCUT2D eigenvalue weighted by Crippen LogP contribution is -2.02. The van der Waals surface area contributed by atoms with E-state index in [0.29, 0.717) is 23.7 Å². The monoisotopic (exact) mass is 259 g/mol. The molecule has 0 aliphatic heterocycles. The Morgan fingerprint density at radius 2 is 2.31 bits per heavy atom. The number of carbonyl (C=O) groups is 1. The molecule has 0 saturated heterocycles. The van der Waals surface area contributed by atoms with Crippen LogP contribution in [0.5, 0.6) is 0 Å². The number of ether oxygens (including phenoxy) is 1. The summed E-state index contributed by atoms with van der Waals surface area (Å²) in [6.07, 6.45) is 0.387. The molecule has 1 rings (SSSR count). The van der Waals surface area contributed by atoms with Crippen LogP contribution in [0.4, 0.5) is 0 Å². The van der Waals surface area contributed by atoms with E-state index in [2.05, 4.69) is 4.74 Å². The quantitative estimate of drug-likeness (QED) is 0.652. The van der Waals surface area contributed by atoms with E-state index in [-0.39, 0.29) is 5.97 Å². The number of rotatable bonds is 5. The van der Waals surface area contributed by atoms with Gasteiger partial charge in [-0.15, -0.1) is 11.8 Å². The van der Waals surface area contributed by atoms with Crippen LogP contribution in [0.15, 0.2) is 23.1 Å². The minimum Gasteiger partial charge on any atom is -0.469 e. The number of hydrogen-bond donors (Lipinski definition) is 1. The van der Waals surface area contributed by atoms with Crippen LogP contribution in [0.3, 0.4) is 0 Å². The molecule has 2 N–H and O–H groups in total. The molecule has 0 radical (unpaired) electrons. The van der Waals surface area contributed by atoms with Gasteiger partial charge in [0, 0.05) is 22.2 Å². The van der Waals surface area contributed by atoms with Crippen LogP contribution in [0.25, 0.3) is 0 Å². The molecule has 0 unspecified atom stereocenters. The molecule has 3 nitrogen and oxygen atoms in total. The predicted molar refractivity (Wildman–Crippen MR) is 66.7 cm³/mol. The molecule has 0 aromatic heterocycles. The van der Waals surface area contributed by atoms with Gasteiger partial charge in [-0.25, -0.2) is 0 Å². The number of thioether (sulfide) groups is 1. The van der Waals surface area contributed by atoms with Crippen LogP contribution in [0.1, 0.15) is 12.0 Å². The molecule has 1 aromatic carbocycles. The fourth-order valence-corrected chi connectivity index (χ4v) is 2.56. The Bertz CT molecular complexity index is 371. The molecule has 5 heteroatoms. The highest BCUT2D eigenvalue weighted by atomic mass is 35.5. The Hall–Kier alpha value is -0.710. The molecular formula is C11H14ClNO2S. The van der Waals surface area contributed by atoms with Crippen LogP contribution >= 0.6 is 23.4 Å². The van der Waals surface area contributed by atoms with E-state index in [9.17, 15) is 4.79 Å². The zero-order valence-electron chi connectivity index (χ0n) is 9.03. The van der Waals surface area contributed by atoms with Gasteiger partial charge in [-0.05, 0) is 17.7 Å². The maximum atomic E-state index is 10.9. The Kier molecular flexibility index (Phi) is 5.66. The van der Waals surface area contributed by atoms with Gasteiger partial charge in [0.25, 0.3) is 0 Å². The van der Waals surface area contributed by atoms with Crippen molar-refractivity contribution in [1.29, 1.82) is 0 Å². The molecule has 0 fully saturated rings. The first kappa shape index (κ1) is 13.4. The highest BCUT2D eigenvalue weighted by molar-refractivity contribution is 7.99. The van der Waals surface area contributed by atoms with Gasteiger partial charge in [0.05, 0.1) is 13.5 Å². The van der Waals surface area contributed by atoms with Crippen molar-refractivity contribution in [3.05, 3.63) is 28.8 Å². The average Bonchev–Trinajstić information content (AvgIpc) is 2.29. The van der Waals surface area contributed by atoms with Crippen LogP contribution < -0.4 is 5.73 Å². The lowest BCUT2D eigenvalue weighted by Gasteiger charge is -2.08. The number of methoxy groups -OCH3 is 1. The molecule has 0 bridgehead atoms. The fourth-order valence-electron chi connectivity index (χ4n) is 1.22. The second-order valence-electron chi connectivity index (χ2n) is 3.10. The number of nitrogens with two attached hydrogens (primary N) is 1. The summed E-state index contributed by atoms with van der Waals surface area (Å²) in [5.41, 5.74) is 6.55. The van der Waals surface area contributed by atoms with Crippen molar-refractivity contribution in [3.63, 3.8) is 0 Å². The maximum absolute atomic E-state index is 10.9. The summed E-state index contributed by atoms with van der Waals surface area (Å²) in [6.45, 7) is 0.403. The second kappa shape index (κ2) is 6.78. The standard InChI is InChI=1S/C11H14ClNO2S/c1-15-11(14)5-6-16-10-4-2-3-9(12)8(10)7-13/h2-4H,5-7,13H2,1H3. The molecule has 1 aromatic rings. The molecule has 0 atom stereocenters. The van der Waals surface area contributed by atoms with Crippen LogP contribution in [-0.2, 0) is 16.1 Å². The Morgan fingerprint density at radius 3 is 2.94 bits per heavy atom. The topological polar surface area (TPSA) is 52.3 Å². The van der Waals surface area contributed by atoms with Gasteiger partial charge >= 0.3 is 5.97 Å². The van der Waals surface area contributed by atoms with E-state index >= 15 is 0 Å². The number of halogens is 1. The van der Waals surface area contributed by atoms with Crippen molar-refractivity contribution < 1.29 is 9.53 Å². The zero-order valence-corrected chi connectivity index (χ0v) is 10.6. The highest BCUT2D eigenvalue weighted by Gasteiger charge is 2.07. The van der Waals surface area contributed by atoms with E-state index in [0.717, 1.165) is 10.5 Å². The molecule has 0 heterocycles. The van der Waals surface area contributed by atoms with Crippen molar-refractivity contribution in [2.45, 2.75) is 17.9 Å². The molecule has 16 heavy (non-hydrogen) atoms. The summed E-state index contributed by atoms with van der Waals surface area (Å²) in [4.78, 5) is 12.0. The number of esters is 1. The van der Waals surface area contributed by atoms with Crippen molar-refractivity contribution in [2.75, 3.05) is 12.9 Å². The van der Waals surface area contributed by atoms with Crippen molar-refractivity contribution in [3.8, 4) is 0 Å². The Labute approximate surface area is 104 Å². The van der Waals surface area contributed by atoms with E-state index in [1.165, 1.54) is 7.11 Å². The summed E-state index contributed by atoms with van der Waals surface area (Å²) in [7, 11) is 1.39. The highest BCUT2D eigenvalue weighted by Crippen LogP contribution is 2.28. The zero-order chi connectivity index (χ0) is 12.0. The number of benzene rings is 1. The SMILES string of the molecule is COC(=O)CCSc1cccc(Cl)c1CN. The summed E-state index contributed by atoms with van der Waals surface area (Å²) in [5.74, 6) is 0.462. The fraction of sp³-hybridized carbons (Fsp3) is 0.364. The molecule has 0 amide bonds. The first-order valence-electron chi connectivity index (χ1n) is 4.86. The number of hydrogen-bond acceptors (Lipinski definition) is 4. The lowest BCUT2D eigenvalue weighted by molar-refractivity contribution is -0.140. The molecule has 0 spiro atoms. The normalized spacial score (nSPS) is 10.2. The van der Waals surface area contributed by atoms with Crippen LogP contribution in [0.2, 0.25) is 5.02 Å². The first-order chi connectivity index (χ1) is 7.69. The van der Waals surface area contributed by atoms with E-state index < -0.39 is 0 Å². The predicted octanol–water partition coefficient (Wildman–Crippen LogP) is 2.45. The van der Waals surface area contributed by atoms with E-state index in [1.54, 1.807) is 11.8 Å². The second-order valence-corrected chi connectivity index (χ2v) is 4.64. The minimum absolute atomic E-state index is 0.205. The Balaban J connectivity index is 2.60. The molecule has 88 valence electrons. The Morgan fingerprint density at radius 1 is 1.56 bits per heavy atom. The van der Waals surface area contributed by atoms with Crippen molar-refractivity contribution >= 4 is 29.3 Å². The molecule has 0 aliphatic rings.